The van der Waals surface area contributed by atoms with Crippen molar-refractivity contribution >= 4 is 11.6 Å². The van der Waals surface area contributed by atoms with Crippen LogP contribution >= 0.6 is 0 Å². The van der Waals surface area contributed by atoms with E-state index in [1.165, 1.54) is 193 Å². The Hall–Kier alpha value is -0.660. The largest absolute Gasteiger partial charge is 0.299 e. The predicted molar refractivity (Wildman–Crippen MR) is 192 cm³/mol. The summed E-state index contributed by atoms with van der Waals surface area (Å²) < 4.78 is 0. The molecular weight excluding hydrogens is 524 g/mol. The molecule has 0 fully saturated rings. The van der Waals surface area contributed by atoms with Crippen LogP contribution < -0.4 is 0 Å². The Bertz CT molecular complexity index is 543. The zero-order chi connectivity index (χ0) is 31.7. The van der Waals surface area contributed by atoms with E-state index in [4.69, 9.17) is 0 Å². The summed E-state index contributed by atoms with van der Waals surface area (Å²) in [5, 5.41) is 0. The van der Waals surface area contributed by atoms with Crippen LogP contribution in [0.3, 0.4) is 0 Å². The molecule has 0 aliphatic carbocycles. The number of ketones is 2. The van der Waals surface area contributed by atoms with E-state index in [1.54, 1.807) is 13.8 Å². The Morgan fingerprint density at radius 2 is 0.465 bits per heavy atom. The van der Waals surface area contributed by atoms with Gasteiger partial charge in [-0.05, 0) is 26.7 Å². The quantitative estimate of drug-likeness (QED) is 0.0526. The molecule has 0 aromatic rings. The van der Waals surface area contributed by atoms with E-state index in [-0.39, 0.29) is 11.6 Å². The standard InChI is InChI=1S/C41H80O2/c1-5-7-9-11-13-15-17-19-21-23-25-27-29-31-33-35-37-41(39(3)42,40(4)43)38-36-34-32-30-28-26-24-22-20-18-16-14-12-10-8-6-2/h5-38H2,1-4H3. The van der Waals surface area contributed by atoms with Crippen LogP contribution in [0, 0.1) is 5.41 Å². The molecule has 0 unspecified atom stereocenters. The molecule has 0 aliphatic rings. The molecule has 0 aromatic heterocycles. The van der Waals surface area contributed by atoms with Crippen LogP contribution in [-0.2, 0) is 9.59 Å². The zero-order valence-electron chi connectivity index (χ0n) is 30.4. The third kappa shape index (κ3) is 26.3. The maximum absolute atomic E-state index is 12.7. The Morgan fingerprint density at radius 3 is 0.628 bits per heavy atom. The van der Waals surface area contributed by atoms with Gasteiger partial charge in [0.1, 0.15) is 11.6 Å². The van der Waals surface area contributed by atoms with Crippen molar-refractivity contribution in [3.05, 3.63) is 0 Å². The van der Waals surface area contributed by atoms with Gasteiger partial charge in [0.05, 0.1) is 5.41 Å². The van der Waals surface area contributed by atoms with Gasteiger partial charge in [-0.15, -0.1) is 0 Å². The summed E-state index contributed by atoms with van der Waals surface area (Å²) in [5.41, 5.74) is -0.702. The number of hydrogen-bond donors (Lipinski definition) is 0. The lowest BCUT2D eigenvalue weighted by Crippen LogP contribution is -2.36. The van der Waals surface area contributed by atoms with Crippen molar-refractivity contribution in [1.82, 2.24) is 0 Å². The van der Waals surface area contributed by atoms with Crippen LogP contribution in [0.25, 0.3) is 0 Å². The van der Waals surface area contributed by atoms with Gasteiger partial charge in [0.15, 0.2) is 0 Å². The minimum absolute atomic E-state index is 0.113. The monoisotopic (exact) mass is 605 g/mol. The first kappa shape index (κ1) is 42.3. The minimum Gasteiger partial charge on any atom is -0.299 e. The highest BCUT2D eigenvalue weighted by atomic mass is 16.2. The smallest absolute Gasteiger partial charge is 0.143 e. The highest BCUT2D eigenvalue weighted by molar-refractivity contribution is 6.04. The average Bonchev–Trinajstić information content (AvgIpc) is 2.99. The molecule has 0 bridgehead atoms. The van der Waals surface area contributed by atoms with Gasteiger partial charge in [0, 0.05) is 0 Å². The first-order chi connectivity index (χ1) is 21.0. The summed E-state index contributed by atoms with van der Waals surface area (Å²) in [6.45, 7) is 7.91. The lowest BCUT2D eigenvalue weighted by Gasteiger charge is -2.29. The van der Waals surface area contributed by atoms with E-state index < -0.39 is 5.41 Å². The first-order valence-electron chi connectivity index (χ1n) is 20.0. The van der Waals surface area contributed by atoms with Gasteiger partial charge >= 0.3 is 0 Å². The maximum atomic E-state index is 12.7. The Morgan fingerprint density at radius 1 is 0.302 bits per heavy atom. The van der Waals surface area contributed by atoms with Crippen molar-refractivity contribution in [3.63, 3.8) is 0 Å². The summed E-state index contributed by atoms with van der Waals surface area (Å²) in [6.07, 6.45) is 44.8. The van der Waals surface area contributed by atoms with Crippen molar-refractivity contribution in [2.45, 2.75) is 246 Å². The van der Waals surface area contributed by atoms with Crippen LogP contribution in [0.15, 0.2) is 0 Å². The highest BCUT2D eigenvalue weighted by Gasteiger charge is 2.38. The van der Waals surface area contributed by atoms with E-state index in [1.807, 2.05) is 0 Å². The lowest BCUT2D eigenvalue weighted by molar-refractivity contribution is -0.139. The fourth-order valence-corrected chi connectivity index (χ4v) is 7.03. The third-order valence-electron chi connectivity index (χ3n) is 10.3. The number of hydrogen-bond acceptors (Lipinski definition) is 2. The van der Waals surface area contributed by atoms with E-state index in [0.29, 0.717) is 0 Å². The highest BCUT2D eigenvalue weighted by Crippen LogP contribution is 2.34. The fourth-order valence-electron chi connectivity index (χ4n) is 7.03. The summed E-state index contributed by atoms with van der Waals surface area (Å²) in [6, 6.07) is 0. The summed E-state index contributed by atoms with van der Waals surface area (Å²) in [7, 11) is 0. The summed E-state index contributed by atoms with van der Waals surface area (Å²) in [5.74, 6) is 0.226. The molecule has 0 spiro atoms. The van der Waals surface area contributed by atoms with E-state index >= 15 is 0 Å². The molecule has 0 rings (SSSR count). The van der Waals surface area contributed by atoms with Gasteiger partial charge < -0.3 is 0 Å². The topological polar surface area (TPSA) is 34.1 Å². The maximum Gasteiger partial charge on any atom is 0.143 e. The molecule has 0 saturated carbocycles. The molecule has 2 nitrogen and oxygen atoms in total. The van der Waals surface area contributed by atoms with Gasteiger partial charge in [-0.3, -0.25) is 9.59 Å². The third-order valence-corrected chi connectivity index (χ3v) is 10.3. The lowest BCUT2D eigenvalue weighted by atomic mass is 9.72. The van der Waals surface area contributed by atoms with Gasteiger partial charge in [0.25, 0.3) is 0 Å². The van der Waals surface area contributed by atoms with Crippen LogP contribution in [-0.4, -0.2) is 11.6 Å². The zero-order valence-corrected chi connectivity index (χ0v) is 30.4. The van der Waals surface area contributed by atoms with Gasteiger partial charge in [0.2, 0.25) is 0 Å². The number of unbranched alkanes of at least 4 members (excludes halogenated alkanes) is 30. The molecule has 2 heteroatoms. The molecule has 43 heavy (non-hydrogen) atoms. The molecule has 0 N–H and O–H groups in total. The van der Waals surface area contributed by atoms with E-state index in [2.05, 4.69) is 13.8 Å². The minimum atomic E-state index is -0.702. The number of carbonyl (C=O) groups is 2. The number of Topliss-reactive ketones (excluding diaryl/α,β-unsaturated/α-hetero) is 2. The second kappa shape index (κ2) is 32.7. The number of carbonyl (C=O) groups excluding carboxylic acids is 2. The van der Waals surface area contributed by atoms with Gasteiger partial charge in [-0.2, -0.15) is 0 Å². The molecular formula is C41H80O2. The van der Waals surface area contributed by atoms with Crippen LogP contribution in [0.2, 0.25) is 0 Å². The molecule has 0 saturated heterocycles. The second-order valence-electron chi connectivity index (χ2n) is 14.3. The number of rotatable bonds is 36. The fraction of sp³-hybridized carbons (Fsp3) is 0.951. The van der Waals surface area contributed by atoms with Crippen molar-refractivity contribution in [2.75, 3.05) is 0 Å². The summed E-state index contributed by atoms with van der Waals surface area (Å²) >= 11 is 0. The second-order valence-corrected chi connectivity index (χ2v) is 14.3. The average molecular weight is 605 g/mol. The SMILES string of the molecule is CCCCCCCCCCCCCCCCCCC(CCCCCCCCCCCCCCCCCC)(C(C)=O)C(C)=O. The molecule has 0 heterocycles. The van der Waals surface area contributed by atoms with E-state index in [9.17, 15) is 9.59 Å². The van der Waals surface area contributed by atoms with Gasteiger partial charge in [-0.25, -0.2) is 0 Å². The Labute approximate surface area is 272 Å². The molecule has 0 aromatic carbocycles. The Balaban J connectivity index is 3.77. The molecule has 0 amide bonds. The molecule has 256 valence electrons. The first-order valence-corrected chi connectivity index (χ1v) is 20.0. The van der Waals surface area contributed by atoms with Crippen LogP contribution in [0.1, 0.15) is 246 Å². The van der Waals surface area contributed by atoms with Crippen molar-refractivity contribution in [1.29, 1.82) is 0 Å². The van der Waals surface area contributed by atoms with E-state index in [0.717, 1.165) is 25.7 Å². The molecule has 0 radical (unpaired) electrons. The summed E-state index contributed by atoms with van der Waals surface area (Å²) in [4.78, 5) is 25.3. The van der Waals surface area contributed by atoms with Crippen LogP contribution in [0.5, 0.6) is 0 Å². The molecule has 0 atom stereocenters. The van der Waals surface area contributed by atoms with Crippen molar-refractivity contribution in [2.24, 2.45) is 5.41 Å². The Kier molecular flexibility index (Phi) is 32.2. The normalized spacial score (nSPS) is 11.8. The van der Waals surface area contributed by atoms with Gasteiger partial charge in [-0.1, -0.05) is 219 Å². The van der Waals surface area contributed by atoms with Crippen molar-refractivity contribution in [3.8, 4) is 0 Å². The molecule has 0 aliphatic heterocycles. The predicted octanol–water partition coefficient (Wildman–Crippen LogP) is 14.5. The van der Waals surface area contributed by atoms with Crippen molar-refractivity contribution < 1.29 is 9.59 Å². The van der Waals surface area contributed by atoms with Crippen LogP contribution in [0.4, 0.5) is 0 Å².